The molecule has 1 aliphatic rings. The Morgan fingerprint density at radius 2 is 2.05 bits per heavy atom. The zero-order chi connectivity index (χ0) is 13.1. The van der Waals surface area contributed by atoms with Crippen molar-refractivity contribution in [2.45, 2.75) is 24.0 Å². The maximum atomic E-state index is 5.18. The first kappa shape index (κ1) is 12.5. The van der Waals surface area contributed by atoms with Gasteiger partial charge in [-0.3, -0.25) is 0 Å². The third-order valence-electron chi connectivity index (χ3n) is 3.52. The second kappa shape index (κ2) is 5.66. The number of rotatable bonds is 4. The summed E-state index contributed by atoms with van der Waals surface area (Å²) >= 11 is 2.05. The van der Waals surface area contributed by atoms with E-state index in [2.05, 4.69) is 41.1 Å². The molecule has 2 aromatic rings. The van der Waals surface area contributed by atoms with Gasteiger partial charge in [-0.1, -0.05) is 18.2 Å². The van der Waals surface area contributed by atoms with Gasteiger partial charge in [0, 0.05) is 17.9 Å². The molecule has 0 bridgehead atoms. The Kier molecular flexibility index (Phi) is 3.74. The minimum absolute atomic E-state index is 0.699. The first-order chi connectivity index (χ1) is 9.35. The van der Waals surface area contributed by atoms with E-state index in [-0.39, 0.29) is 0 Å². The van der Waals surface area contributed by atoms with Gasteiger partial charge in [-0.2, -0.15) is 0 Å². The molecule has 3 heteroatoms. The number of ether oxygens (including phenoxy) is 1. The second-order valence-electron chi connectivity index (χ2n) is 4.83. The molecule has 1 aromatic heterocycles. The lowest BCUT2D eigenvalue weighted by Gasteiger charge is -2.06. The monoisotopic (exact) mass is 272 g/mol. The van der Waals surface area contributed by atoms with Gasteiger partial charge in [-0.25, -0.2) is 4.57 Å². The van der Waals surface area contributed by atoms with Crippen LogP contribution in [0.1, 0.15) is 11.3 Å². The van der Waals surface area contributed by atoms with Crippen molar-refractivity contribution >= 4 is 11.8 Å². The van der Waals surface area contributed by atoms with Gasteiger partial charge in [-0.05, 0) is 17.7 Å². The van der Waals surface area contributed by atoms with Crippen LogP contribution in [0.3, 0.4) is 0 Å². The number of benzene rings is 1. The summed E-state index contributed by atoms with van der Waals surface area (Å²) in [6.45, 7) is 1.14. The molecule has 1 aliphatic heterocycles. The largest absolute Gasteiger partial charge is 0.497 e. The van der Waals surface area contributed by atoms with E-state index in [1.54, 1.807) is 7.11 Å². The Morgan fingerprint density at radius 1 is 1.21 bits per heavy atom. The standard InChI is InChI=1S/C16H18NOS/c1-18-15-7-5-13(6-8-15)12-19-16-10-14-4-2-3-9-17(14)11-16/h2-9,16H,10-12H2,1H3/q+1. The van der Waals surface area contributed by atoms with Gasteiger partial charge in [0.2, 0.25) is 0 Å². The highest BCUT2D eigenvalue weighted by Crippen LogP contribution is 2.24. The maximum Gasteiger partial charge on any atom is 0.182 e. The number of hydrogen-bond donors (Lipinski definition) is 0. The van der Waals surface area contributed by atoms with Crippen molar-refractivity contribution in [1.82, 2.24) is 0 Å². The lowest BCUT2D eigenvalue weighted by Crippen LogP contribution is -2.33. The van der Waals surface area contributed by atoms with Crippen LogP contribution in [0.25, 0.3) is 0 Å². The summed E-state index contributed by atoms with van der Waals surface area (Å²) in [7, 11) is 1.71. The first-order valence-electron chi connectivity index (χ1n) is 6.57. The molecule has 0 aliphatic carbocycles. The van der Waals surface area contributed by atoms with Gasteiger partial charge in [0.1, 0.15) is 5.75 Å². The van der Waals surface area contributed by atoms with Gasteiger partial charge in [0.15, 0.2) is 18.4 Å². The van der Waals surface area contributed by atoms with Crippen LogP contribution in [0.15, 0.2) is 48.7 Å². The van der Waals surface area contributed by atoms with E-state index in [1.165, 1.54) is 17.7 Å². The molecule has 19 heavy (non-hydrogen) atoms. The van der Waals surface area contributed by atoms with Crippen molar-refractivity contribution in [3.05, 3.63) is 59.9 Å². The van der Waals surface area contributed by atoms with Gasteiger partial charge >= 0.3 is 0 Å². The van der Waals surface area contributed by atoms with E-state index in [1.807, 2.05) is 23.9 Å². The molecule has 0 N–H and O–H groups in total. The van der Waals surface area contributed by atoms with Crippen LogP contribution < -0.4 is 9.30 Å². The molecular formula is C16H18NOS+. The zero-order valence-corrected chi connectivity index (χ0v) is 11.9. The summed E-state index contributed by atoms with van der Waals surface area (Å²) in [4.78, 5) is 0. The van der Waals surface area contributed by atoms with Gasteiger partial charge in [0.05, 0.1) is 18.8 Å². The summed E-state index contributed by atoms with van der Waals surface area (Å²) in [5, 5.41) is 0.699. The molecule has 2 heterocycles. The molecule has 98 valence electrons. The van der Waals surface area contributed by atoms with Crippen LogP contribution in [-0.4, -0.2) is 12.4 Å². The fraction of sp³-hybridized carbons (Fsp3) is 0.312. The van der Waals surface area contributed by atoms with Crippen molar-refractivity contribution in [3.8, 4) is 5.75 Å². The van der Waals surface area contributed by atoms with Crippen molar-refractivity contribution in [1.29, 1.82) is 0 Å². The SMILES string of the molecule is COc1ccc(CSC2Cc3cccc[n+]3C2)cc1. The lowest BCUT2D eigenvalue weighted by molar-refractivity contribution is -0.690. The molecule has 0 fully saturated rings. The number of thioether (sulfide) groups is 1. The maximum absolute atomic E-state index is 5.18. The van der Waals surface area contributed by atoms with E-state index >= 15 is 0 Å². The lowest BCUT2D eigenvalue weighted by atomic mass is 10.2. The molecule has 1 aromatic carbocycles. The fourth-order valence-electron chi connectivity index (χ4n) is 2.44. The normalized spacial score (nSPS) is 17.2. The summed E-state index contributed by atoms with van der Waals surface area (Å²) in [5.74, 6) is 2.00. The van der Waals surface area contributed by atoms with Crippen LogP contribution in [0.2, 0.25) is 0 Å². The molecule has 0 saturated heterocycles. The first-order valence-corrected chi connectivity index (χ1v) is 7.62. The second-order valence-corrected chi connectivity index (χ2v) is 6.12. The molecule has 1 unspecified atom stereocenters. The van der Waals surface area contributed by atoms with Crippen LogP contribution in [0.5, 0.6) is 5.75 Å². The van der Waals surface area contributed by atoms with Crippen LogP contribution in [0, 0.1) is 0 Å². The van der Waals surface area contributed by atoms with Crippen molar-refractivity contribution in [2.24, 2.45) is 0 Å². The van der Waals surface area contributed by atoms with E-state index in [0.29, 0.717) is 5.25 Å². The average Bonchev–Trinajstić information content (AvgIpc) is 2.88. The highest BCUT2D eigenvalue weighted by atomic mass is 32.2. The Labute approximate surface area is 118 Å². The smallest absolute Gasteiger partial charge is 0.182 e. The minimum Gasteiger partial charge on any atom is -0.497 e. The molecule has 0 spiro atoms. The Morgan fingerprint density at radius 3 is 2.79 bits per heavy atom. The quantitative estimate of drug-likeness (QED) is 0.794. The van der Waals surface area contributed by atoms with Crippen molar-refractivity contribution in [2.75, 3.05) is 7.11 Å². The summed E-state index contributed by atoms with van der Waals surface area (Å²) in [5.41, 5.74) is 2.82. The highest BCUT2D eigenvalue weighted by molar-refractivity contribution is 7.99. The predicted molar refractivity (Wildman–Crippen MR) is 78.4 cm³/mol. The number of aromatic nitrogens is 1. The van der Waals surface area contributed by atoms with Crippen molar-refractivity contribution < 1.29 is 9.30 Å². The summed E-state index contributed by atoms with van der Waals surface area (Å²) in [6.07, 6.45) is 3.37. The number of fused-ring (bicyclic) bond motifs is 1. The van der Waals surface area contributed by atoms with E-state index in [4.69, 9.17) is 4.74 Å². The minimum atomic E-state index is 0.699. The Bertz CT molecular complexity index is 528. The van der Waals surface area contributed by atoms with Crippen LogP contribution in [-0.2, 0) is 18.7 Å². The third kappa shape index (κ3) is 2.92. The van der Waals surface area contributed by atoms with Gasteiger partial charge in [0.25, 0.3) is 0 Å². The summed E-state index contributed by atoms with van der Waals surface area (Å²) < 4.78 is 7.55. The number of nitrogens with zero attached hydrogens (tertiary/aromatic N) is 1. The molecule has 1 atom stereocenters. The molecular weight excluding hydrogens is 254 g/mol. The molecule has 2 nitrogen and oxygen atoms in total. The fourth-order valence-corrected chi connectivity index (χ4v) is 3.61. The van der Waals surface area contributed by atoms with Crippen molar-refractivity contribution in [3.63, 3.8) is 0 Å². The van der Waals surface area contributed by atoms with Crippen LogP contribution in [0.4, 0.5) is 0 Å². The molecule has 0 saturated carbocycles. The van der Waals surface area contributed by atoms with E-state index < -0.39 is 0 Å². The molecule has 0 amide bonds. The highest BCUT2D eigenvalue weighted by Gasteiger charge is 2.28. The van der Waals surface area contributed by atoms with Crippen LogP contribution >= 0.6 is 11.8 Å². The van der Waals surface area contributed by atoms with E-state index in [9.17, 15) is 0 Å². The van der Waals surface area contributed by atoms with Gasteiger partial charge < -0.3 is 4.74 Å². The predicted octanol–water partition coefficient (Wildman–Crippen LogP) is 2.84. The van der Waals surface area contributed by atoms with Gasteiger partial charge in [-0.15, -0.1) is 11.8 Å². The average molecular weight is 272 g/mol. The Balaban J connectivity index is 1.56. The third-order valence-corrected chi connectivity index (χ3v) is 4.80. The summed E-state index contributed by atoms with van der Waals surface area (Å²) in [6, 6.07) is 14.8. The topological polar surface area (TPSA) is 13.1 Å². The Hall–Kier alpha value is -1.48. The number of methoxy groups -OCH3 is 1. The number of pyridine rings is 1. The molecule has 3 rings (SSSR count). The zero-order valence-electron chi connectivity index (χ0n) is 11.1. The number of hydrogen-bond acceptors (Lipinski definition) is 2. The van der Waals surface area contributed by atoms with E-state index in [0.717, 1.165) is 18.0 Å². The molecule has 0 radical (unpaired) electrons.